The number of hydrogen-bond acceptors (Lipinski definition) is 5. The Kier molecular flexibility index (Phi) is 7.63. The molecule has 2 aromatic carbocycles. The number of thioether (sulfide) groups is 1. The van der Waals surface area contributed by atoms with Crippen molar-refractivity contribution < 1.29 is 9.59 Å². The van der Waals surface area contributed by atoms with E-state index >= 15 is 0 Å². The highest BCUT2D eigenvalue weighted by atomic mass is 32.2. The van der Waals surface area contributed by atoms with Gasteiger partial charge in [0.25, 0.3) is 5.56 Å². The molecular weight excluding hydrogens is 410 g/mol. The molecule has 0 aliphatic carbocycles. The number of primary amides is 1. The van der Waals surface area contributed by atoms with Crippen LogP contribution in [0.25, 0.3) is 10.9 Å². The lowest BCUT2D eigenvalue weighted by molar-refractivity contribution is -0.118. The first kappa shape index (κ1) is 22.7. The highest BCUT2D eigenvalue weighted by Gasteiger charge is 2.14. The van der Waals surface area contributed by atoms with E-state index in [2.05, 4.69) is 4.98 Å². The molecule has 0 radical (unpaired) electrons. The summed E-state index contributed by atoms with van der Waals surface area (Å²) in [6.07, 6.45) is 2.55. The predicted molar refractivity (Wildman–Crippen MR) is 125 cm³/mol. The van der Waals surface area contributed by atoms with Crippen LogP contribution in [0, 0.1) is 13.8 Å². The van der Waals surface area contributed by atoms with Gasteiger partial charge >= 0.3 is 0 Å². The minimum Gasteiger partial charge on any atom is -0.370 e. The van der Waals surface area contributed by atoms with E-state index in [-0.39, 0.29) is 23.0 Å². The quantitative estimate of drug-likeness (QED) is 0.224. The molecule has 3 aromatic rings. The summed E-state index contributed by atoms with van der Waals surface area (Å²) in [4.78, 5) is 41.4. The highest BCUT2D eigenvalue weighted by molar-refractivity contribution is 7.99. The van der Waals surface area contributed by atoms with Gasteiger partial charge in [-0.3, -0.25) is 19.0 Å². The van der Waals surface area contributed by atoms with Crippen LogP contribution >= 0.6 is 11.8 Å². The van der Waals surface area contributed by atoms with Gasteiger partial charge < -0.3 is 5.73 Å². The van der Waals surface area contributed by atoms with Gasteiger partial charge in [0.1, 0.15) is 0 Å². The summed E-state index contributed by atoms with van der Waals surface area (Å²) in [6.45, 7) is 4.48. The largest absolute Gasteiger partial charge is 0.370 e. The van der Waals surface area contributed by atoms with Gasteiger partial charge in [-0.25, -0.2) is 4.98 Å². The third-order valence-corrected chi connectivity index (χ3v) is 6.27. The number of unbranched alkanes of at least 4 members (excludes halogenated alkanes) is 2. The van der Waals surface area contributed by atoms with Crippen molar-refractivity contribution in [2.24, 2.45) is 5.73 Å². The number of ketones is 1. The second-order valence-corrected chi connectivity index (χ2v) is 8.60. The fraction of sp³-hybridized carbons (Fsp3) is 0.333. The van der Waals surface area contributed by atoms with E-state index < -0.39 is 0 Å². The Morgan fingerprint density at radius 1 is 1.03 bits per heavy atom. The van der Waals surface area contributed by atoms with Gasteiger partial charge in [0, 0.05) is 18.5 Å². The van der Waals surface area contributed by atoms with Crippen LogP contribution in [0.15, 0.2) is 52.4 Å². The number of nitrogens with two attached hydrogens (primary N) is 1. The predicted octanol–water partition coefficient (Wildman–Crippen LogP) is 4.03. The van der Waals surface area contributed by atoms with Crippen LogP contribution in [0.3, 0.4) is 0 Å². The molecule has 3 rings (SSSR count). The third-order valence-electron chi connectivity index (χ3n) is 5.29. The van der Waals surface area contributed by atoms with E-state index in [4.69, 9.17) is 5.73 Å². The van der Waals surface area contributed by atoms with E-state index in [0.29, 0.717) is 41.0 Å². The first-order chi connectivity index (χ1) is 14.9. The summed E-state index contributed by atoms with van der Waals surface area (Å²) in [5.41, 5.74) is 8.59. The zero-order valence-electron chi connectivity index (χ0n) is 17.9. The van der Waals surface area contributed by atoms with Crippen LogP contribution in [0.2, 0.25) is 0 Å². The van der Waals surface area contributed by atoms with Crippen molar-refractivity contribution >= 4 is 34.4 Å². The fourth-order valence-electron chi connectivity index (χ4n) is 3.33. The van der Waals surface area contributed by atoms with Crippen molar-refractivity contribution in [3.05, 3.63) is 69.5 Å². The van der Waals surface area contributed by atoms with Gasteiger partial charge in [0.15, 0.2) is 10.9 Å². The molecule has 0 bridgehead atoms. The second kappa shape index (κ2) is 10.4. The normalized spacial score (nSPS) is 11.0. The number of nitrogens with zero attached hydrogens (tertiary/aromatic N) is 2. The van der Waals surface area contributed by atoms with Crippen LogP contribution in [-0.4, -0.2) is 27.0 Å². The van der Waals surface area contributed by atoms with Gasteiger partial charge in [0.2, 0.25) is 5.91 Å². The maximum absolute atomic E-state index is 13.1. The minimum atomic E-state index is -0.314. The first-order valence-corrected chi connectivity index (χ1v) is 11.4. The maximum Gasteiger partial charge on any atom is 0.262 e. The average molecular weight is 438 g/mol. The van der Waals surface area contributed by atoms with Crippen LogP contribution in [0.4, 0.5) is 0 Å². The van der Waals surface area contributed by atoms with Crippen molar-refractivity contribution in [3.8, 4) is 0 Å². The van der Waals surface area contributed by atoms with E-state index in [1.165, 1.54) is 11.8 Å². The zero-order valence-corrected chi connectivity index (χ0v) is 18.7. The first-order valence-electron chi connectivity index (χ1n) is 10.4. The van der Waals surface area contributed by atoms with E-state index in [1.807, 2.05) is 50.2 Å². The summed E-state index contributed by atoms with van der Waals surface area (Å²) in [5.74, 6) is -0.108. The number of aryl methyl sites for hydroxylation is 2. The third kappa shape index (κ3) is 5.82. The Morgan fingerprint density at radius 2 is 1.81 bits per heavy atom. The smallest absolute Gasteiger partial charge is 0.262 e. The summed E-state index contributed by atoms with van der Waals surface area (Å²) in [6, 6.07) is 12.9. The molecule has 0 fully saturated rings. The summed E-state index contributed by atoms with van der Waals surface area (Å²) >= 11 is 1.29. The van der Waals surface area contributed by atoms with Gasteiger partial charge in [0.05, 0.1) is 16.7 Å². The molecule has 0 saturated heterocycles. The molecule has 6 nitrogen and oxygen atoms in total. The van der Waals surface area contributed by atoms with Crippen molar-refractivity contribution in [2.75, 3.05) is 5.75 Å². The molecule has 2 N–H and O–H groups in total. The van der Waals surface area contributed by atoms with Gasteiger partial charge in [-0.05, 0) is 56.0 Å². The maximum atomic E-state index is 13.1. The Bertz CT molecular complexity index is 1170. The fourth-order valence-corrected chi connectivity index (χ4v) is 4.25. The van der Waals surface area contributed by atoms with E-state index in [1.54, 1.807) is 10.6 Å². The Morgan fingerprint density at radius 3 is 2.55 bits per heavy atom. The number of rotatable bonds is 10. The monoisotopic (exact) mass is 437 g/mol. The summed E-state index contributed by atoms with van der Waals surface area (Å²) in [5, 5.41) is 1.10. The second-order valence-electron chi connectivity index (χ2n) is 7.66. The van der Waals surface area contributed by atoms with Crippen LogP contribution < -0.4 is 11.3 Å². The van der Waals surface area contributed by atoms with Crippen LogP contribution in [0.1, 0.15) is 47.2 Å². The summed E-state index contributed by atoms with van der Waals surface area (Å²) < 4.78 is 1.64. The lowest BCUT2D eigenvalue weighted by Gasteiger charge is -2.13. The number of benzene rings is 2. The lowest BCUT2D eigenvalue weighted by Crippen LogP contribution is -2.24. The number of carbonyl (C=O) groups excluding carboxylic acids is 2. The lowest BCUT2D eigenvalue weighted by atomic mass is 10.0. The molecule has 7 heteroatoms. The van der Waals surface area contributed by atoms with E-state index in [0.717, 1.165) is 24.0 Å². The molecule has 162 valence electrons. The molecule has 0 saturated carbocycles. The molecule has 0 spiro atoms. The van der Waals surface area contributed by atoms with Crippen molar-refractivity contribution in [1.29, 1.82) is 0 Å². The molecule has 1 heterocycles. The zero-order chi connectivity index (χ0) is 22.4. The number of amides is 1. The molecule has 1 aromatic heterocycles. The topological polar surface area (TPSA) is 95.1 Å². The molecule has 0 unspecified atom stereocenters. The SMILES string of the molecule is Cc1ccc(C(=O)CSc2nc3ccccc3c(=O)n2CCCCCC(N)=O)cc1C. The number of para-hydroxylation sites is 1. The Hall–Kier alpha value is -2.93. The van der Waals surface area contributed by atoms with Crippen molar-refractivity contribution in [2.45, 2.75) is 51.2 Å². The molecule has 0 aliphatic heterocycles. The molecular formula is C24H27N3O3S. The highest BCUT2D eigenvalue weighted by Crippen LogP contribution is 2.21. The van der Waals surface area contributed by atoms with Gasteiger partial charge in [-0.1, -0.05) is 42.4 Å². The number of hydrogen-bond donors (Lipinski definition) is 1. The van der Waals surface area contributed by atoms with Crippen molar-refractivity contribution in [1.82, 2.24) is 9.55 Å². The van der Waals surface area contributed by atoms with Gasteiger partial charge in [-0.15, -0.1) is 0 Å². The Balaban J connectivity index is 1.80. The number of fused-ring (bicyclic) bond motifs is 1. The van der Waals surface area contributed by atoms with Gasteiger partial charge in [-0.2, -0.15) is 0 Å². The van der Waals surface area contributed by atoms with Crippen molar-refractivity contribution in [3.63, 3.8) is 0 Å². The standard InChI is InChI=1S/C24H27N3O3S/c1-16-11-12-18(14-17(16)2)21(28)15-31-24-26-20-9-6-5-8-19(20)23(30)27(24)13-7-3-4-10-22(25)29/h5-6,8-9,11-12,14H,3-4,7,10,13,15H2,1-2H3,(H2,25,29). The molecule has 1 amide bonds. The van der Waals surface area contributed by atoms with Crippen LogP contribution in [-0.2, 0) is 11.3 Å². The minimum absolute atomic E-state index is 0.00326. The number of Topliss-reactive ketones (excluding diaryl/α,β-unsaturated/α-hetero) is 1. The average Bonchev–Trinajstić information content (AvgIpc) is 2.75. The number of aromatic nitrogens is 2. The van der Waals surface area contributed by atoms with E-state index in [9.17, 15) is 14.4 Å². The Labute approximate surface area is 185 Å². The molecule has 0 atom stereocenters. The van der Waals surface area contributed by atoms with Crippen LogP contribution in [0.5, 0.6) is 0 Å². The molecule has 31 heavy (non-hydrogen) atoms. The molecule has 0 aliphatic rings. The summed E-state index contributed by atoms with van der Waals surface area (Å²) in [7, 11) is 0. The number of carbonyl (C=O) groups is 2.